The second kappa shape index (κ2) is 20.5. The molecule has 2 heterocycles. The van der Waals surface area contributed by atoms with E-state index < -0.39 is 59.4 Å². The summed E-state index contributed by atoms with van der Waals surface area (Å²) in [5, 5.41) is 5.74. The first-order valence-corrected chi connectivity index (χ1v) is 21.1. The SMILES string of the molecule is CC(=O)N1CC=C(c2ccc(F)cc2C[C@H]2C(=O)N(C)CCCCCCC[C@H](N(C)C(=O)[C@@H](NC(=O)OC(C)(C)C)C3CC3)C(=O)N[C@@H](CC(C)C)C(=O)N2C)CC1. The van der Waals surface area contributed by atoms with E-state index in [1.165, 1.54) is 28.9 Å². The van der Waals surface area contributed by atoms with Crippen LogP contribution in [0.15, 0.2) is 24.3 Å². The van der Waals surface area contributed by atoms with Gasteiger partial charge in [0.25, 0.3) is 0 Å². The average molecular weight is 811 g/mol. The second-order valence-electron chi connectivity index (χ2n) is 17.8. The van der Waals surface area contributed by atoms with Gasteiger partial charge in [0.2, 0.25) is 29.5 Å². The van der Waals surface area contributed by atoms with Crippen molar-refractivity contribution in [2.24, 2.45) is 11.8 Å². The number of nitrogens with zero attached hydrogens (tertiary/aromatic N) is 4. The number of rotatable bonds is 9. The Hall–Kier alpha value is -4.49. The molecule has 1 aromatic carbocycles. The van der Waals surface area contributed by atoms with Crippen molar-refractivity contribution in [3.63, 3.8) is 0 Å². The van der Waals surface area contributed by atoms with Crippen LogP contribution in [0.5, 0.6) is 0 Å². The number of halogens is 1. The molecule has 14 heteroatoms. The Kier molecular flexibility index (Phi) is 16.3. The molecule has 322 valence electrons. The number of hydrogen-bond acceptors (Lipinski definition) is 7. The number of likely N-dealkylation sites (N-methyl/N-ethyl adjacent to an activating group) is 3. The summed E-state index contributed by atoms with van der Waals surface area (Å²) in [6, 6.07) is 0.663. The maximum atomic E-state index is 15.0. The maximum Gasteiger partial charge on any atom is 0.408 e. The molecular formula is C44H67FN6O7. The largest absolute Gasteiger partial charge is 0.444 e. The Morgan fingerprint density at radius 3 is 2.26 bits per heavy atom. The van der Waals surface area contributed by atoms with Crippen molar-refractivity contribution in [2.75, 3.05) is 40.8 Å². The Labute approximate surface area is 344 Å². The molecule has 0 spiro atoms. The minimum Gasteiger partial charge on any atom is -0.444 e. The lowest BCUT2D eigenvalue weighted by Gasteiger charge is -2.36. The number of hydrogen-bond donors (Lipinski definition) is 2. The van der Waals surface area contributed by atoms with Gasteiger partial charge in [0.15, 0.2) is 0 Å². The van der Waals surface area contributed by atoms with E-state index >= 15 is 0 Å². The first kappa shape index (κ1) is 46.2. The molecule has 1 saturated heterocycles. The lowest BCUT2D eigenvalue weighted by Crippen LogP contribution is -2.59. The smallest absolute Gasteiger partial charge is 0.408 e. The van der Waals surface area contributed by atoms with Crippen molar-refractivity contribution in [2.45, 2.75) is 142 Å². The Balaban J connectivity index is 1.66. The standard InChI is InChI=1S/C44H67FN6O7/c1-28(2)25-35-40(54)50(9)37(27-32-26-33(45)18-19-34(32)30-20-23-51(24-21-30)29(3)52)41(55)48(7)22-14-12-10-11-13-15-36(39(53)46-35)49(8)42(56)38(31-16-17-31)47-43(57)58-44(4,5)6/h18-20,26,28,31,35-38H,10-17,21-25,27H2,1-9H3,(H,46,53)(H,47,57)/t35-,36-,37-,38-/m0/s1. The maximum absolute atomic E-state index is 15.0. The molecule has 4 rings (SSSR count). The highest BCUT2D eigenvalue weighted by atomic mass is 19.1. The third-order valence-corrected chi connectivity index (χ3v) is 11.4. The van der Waals surface area contributed by atoms with Gasteiger partial charge in [0, 0.05) is 54.1 Å². The van der Waals surface area contributed by atoms with E-state index in [1.54, 1.807) is 57.8 Å². The van der Waals surface area contributed by atoms with Gasteiger partial charge < -0.3 is 35.0 Å². The fourth-order valence-electron chi connectivity index (χ4n) is 7.90. The van der Waals surface area contributed by atoms with E-state index in [-0.39, 0.29) is 36.5 Å². The fraction of sp³-hybridized carbons (Fsp3) is 0.682. The average Bonchev–Trinajstić information content (AvgIpc) is 4.00. The van der Waals surface area contributed by atoms with Gasteiger partial charge in [-0.3, -0.25) is 24.0 Å². The van der Waals surface area contributed by atoms with E-state index in [1.807, 2.05) is 19.9 Å². The third-order valence-electron chi connectivity index (χ3n) is 11.4. The van der Waals surface area contributed by atoms with Gasteiger partial charge in [-0.15, -0.1) is 0 Å². The second-order valence-corrected chi connectivity index (χ2v) is 17.8. The molecular weight excluding hydrogens is 744 g/mol. The van der Waals surface area contributed by atoms with Crippen molar-refractivity contribution in [1.82, 2.24) is 30.2 Å². The van der Waals surface area contributed by atoms with E-state index in [0.29, 0.717) is 44.5 Å². The number of carbonyl (C=O) groups is 6. The Bertz CT molecular complexity index is 1690. The topological polar surface area (TPSA) is 149 Å². The van der Waals surface area contributed by atoms with Crippen LogP contribution in [-0.4, -0.2) is 126 Å². The van der Waals surface area contributed by atoms with Gasteiger partial charge >= 0.3 is 6.09 Å². The van der Waals surface area contributed by atoms with Gasteiger partial charge in [-0.2, -0.15) is 0 Å². The van der Waals surface area contributed by atoms with Crippen LogP contribution in [0, 0.1) is 17.7 Å². The predicted octanol–water partition coefficient (Wildman–Crippen LogP) is 5.30. The van der Waals surface area contributed by atoms with Crippen LogP contribution in [0.3, 0.4) is 0 Å². The lowest BCUT2D eigenvalue weighted by molar-refractivity contribution is -0.147. The lowest BCUT2D eigenvalue weighted by atomic mass is 9.90. The van der Waals surface area contributed by atoms with E-state index in [4.69, 9.17) is 4.74 Å². The summed E-state index contributed by atoms with van der Waals surface area (Å²) in [7, 11) is 4.85. The molecule has 1 aliphatic carbocycles. The summed E-state index contributed by atoms with van der Waals surface area (Å²) in [6.45, 7) is 12.1. The number of alkyl carbamates (subject to hydrolysis) is 1. The van der Waals surface area contributed by atoms with Gasteiger partial charge in [0.05, 0.1) is 0 Å². The molecule has 2 fully saturated rings. The highest BCUT2D eigenvalue weighted by molar-refractivity contribution is 5.95. The van der Waals surface area contributed by atoms with Crippen LogP contribution in [0.2, 0.25) is 0 Å². The highest BCUT2D eigenvalue weighted by Gasteiger charge is 2.43. The number of amides is 6. The summed E-state index contributed by atoms with van der Waals surface area (Å²) in [5.41, 5.74) is 1.52. The molecule has 0 bridgehead atoms. The van der Waals surface area contributed by atoms with Crippen LogP contribution in [-0.2, 0) is 35.1 Å². The highest BCUT2D eigenvalue weighted by Crippen LogP contribution is 2.34. The monoisotopic (exact) mass is 811 g/mol. The molecule has 13 nitrogen and oxygen atoms in total. The number of ether oxygens (including phenoxy) is 1. The molecule has 1 aromatic rings. The summed E-state index contributed by atoms with van der Waals surface area (Å²) in [4.78, 5) is 88.5. The van der Waals surface area contributed by atoms with Crippen molar-refractivity contribution in [1.29, 1.82) is 0 Å². The molecule has 0 radical (unpaired) electrons. The van der Waals surface area contributed by atoms with Crippen LogP contribution >= 0.6 is 0 Å². The quantitative estimate of drug-likeness (QED) is 0.344. The Morgan fingerprint density at radius 2 is 1.66 bits per heavy atom. The van der Waals surface area contributed by atoms with E-state index in [2.05, 4.69) is 10.6 Å². The zero-order chi connectivity index (χ0) is 42.9. The van der Waals surface area contributed by atoms with Crippen LogP contribution in [0.1, 0.15) is 117 Å². The van der Waals surface area contributed by atoms with Crippen LogP contribution in [0.25, 0.3) is 5.57 Å². The van der Waals surface area contributed by atoms with E-state index in [0.717, 1.165) is 49.7 Å². The minimum absolute atomic E-state index is 0.0252. The summed E-state index contributed by atoms with van der Waals surface area (Å²) < 4.78 is 20.4. The molecule has 1 saturated carbocycles. The van der Waals surface area contributed by atoms with Gasteiger partial charge in [-0.25, -0.2) is 9.18 Å². The summed E-state index contributed by atoms with van der Waals surface area (Å²) >= 11 is 0. The van der Waals surface area contributed by atoms with E-state index in [9.17, 15) is 33.2 Å². The Morgan fingerprint density at radius 1 is 0.983 bits per heavy atom. The molecule has 2 N–H and O–H groups in total. The van der Waals surface area contributed by atoms with Gasteiger partial charge in [-0.05, 0) is 100.0 Å². The zero-order valence-corrected chi connectivity index (χ0v) is 36.2. The molecule has 58 heavy (non-hydrogen) atoms. The molecule has 0 aromatic heterocycles. The fourth-order valence-corrected chi connectivity index (χ4v) is 7.90. The molecule has 0 unspecified atom stereocenters. The van der Waals surface area contributed by atoms with Crippen molar-refractivity contribution in [3.05, 3.63) is 41.2 Å². The van der Waals surface area contributed by atoms with Gasteiger partial charge in [-0.1, -0.05) is 51.7 Å². The molecule has 6 amide bonds. The predicted molar refractivity (Wildman–Crippen MR) is 221 cm³/mol. The molecule has 4 atom stereocenters. The third kappa shape index (κ3) is 13.0. The number of benzene rings is 1. The first-order chi connectivity index (χ1) is 27.3. The van der Waals surface area contributed by atoms with Crippen LogP contribution < -0.4 is 10.6 Å². The van der Waals surface area contributed by atoms with Gasteiger partial charge in [0.1, 0.15) is 35.6 Å². The summed E-state index contributed by atoms with van der Waals surface area (Å²) in [6.07, 6.45) is 7.88. The number of carbonyl (C=O) groups excluding carboxylic acids is 6. The summed E-state index contributed by atoms with van der Waals surface area (Å²) in [5.74, 6) is -2.24. The number of nitrogens with one attached hydrogen (secondary N) is 2. The van der Waals surface area contributed by atoms with Crippen molar-refractivity contribution < 1.29 is 37.9 Å². The zero-order valence-electron chi connectivity index (χ0n) is 36.2. The molecule has 3 aliphatic rings. The van der Waals surface area contributed by atoms with Crippen LogP contribution in [0.4, 0.5) is 9.18 Å². The normalized spacial score (nSPS) is 22.6. The molecule has 2 aliphatic heterocycles. The van der Waals surface area contributed by atoms with Crippen molar-refractivity contribution in [3.8, 4) is 0 Å². The van der Waals surface area contributed by atoms with Crippen molar-refractivity contribution >= 4 is 41.2 Å². The first-order valence-electron chi connectivity index (χ1n) is 21.1. The minimum atomic E-state index is -1.03.